The van der Waals surface area contributed by atoms with Gasteiger partial charge in [-0.2, -0.15) is 10.1 Å². The zero-order chi connectivity index (χ0) is 23.0. The summed E-state index contributed by atoms with van der Waals surface area (Å²) in [6.07, 6.45) is 1.60. The molecule has 0 unspecified atom stereocenters. The predicted molar refractivity (Wildman–Crippen MR) is 122 cm³/mol. The van der Waals surface area contributed by atoms with Crippen LogP contribution in [0.1, 0.15) is 18.2 Å². The molecular weight excluding hydrogens is 434 g/mol. The van der Waals surface area contributed by atoms with Gasteiger partial charge in [-0.15, -0.1) is 0 Å². The maximum absolute atomic E-state index is 13.0. The van der Waals surface area contributed by atoms with Crippen LogP contribution in [0.5, 0.6) is 5.75 Å². The van der Waals surface area contributed by atoms with Crippen LogP contribution in [0.4, 0.5) is 11.4 Å². The summed E-state index contributed by atoms with van der Waals surface area (Å²) in [7, 11) is 1.37. The third kappa shape index (κ3) is 3.76. The van der Waals surface area contributed by atoms with E-state index in [1.54, 1.807) is 49.4 Å². The second kappa shape index (κ2) is 8.32. The first-order valence-electron chi connectivity index (χ1n) is 9.59. The topological polar surface area (TPSA) is 98.2 Å². The zero-order valence-electron chi connectivity index (χ0n) is 17.5. The van der Waals surface area contributed by atoms with Crippen LogP contribution in [-0.4, -0.2) is 23.7 Å². The van der Waals surface area contributed by atoms with E-state index in [9.17, 15) is 14.9 Å². The third-order valence-corrected chi connectivity index (χ3v) is 5.51. The molecule has 8 nitrogen and oxygen atoms in total. The quantitative estimate of drug-likeness (QED) is 0.284. The van der Waals surface area contributed by atoms with Gasteiger partial charge in [0.1, 0.15) is 11.5 Å². The molecule has 0 radical (unpaired) electrons. The number of hydrogen-bond donors (Lipinski definition) is 0. The molecule has 3 aromatic rings. The number of nitro benzene ring substituents is 1. The minimum Gasteiger partial charge on any atom is -0.490 e. The molecule has 1 aromatic heterocycles. The van der Waals surface area contributed by atoms with Gasteiger partial charge in [0.25, 0.3) is 5.91 Å². The van der Waals surface area contributed by atoms with Gasteiger partial charge in [0.2, 0.25) is 0 Å². The van der Waals surface area contributed by atoms with Crippen LogP contribution in [0.15, 0.2) is 63.6 Å². The van der Waals surface area contributed by atoms with Crippen molar-refractivity contribution < 1.29 is 18.9 Å². The minimum absolute atomic E-state index is 0.160. The Labute approximate surface area is 188 Å². The summed E-state index contributed by atoms with van der Waals surface area (Å²) >= 11 is 6.19. The van der Waals surface area contributed by atoms with Crippen molar-refractivity contribution in [2.75, 3.05) is 12.1 Å². The number of nitro groups is 1. The molecule has 162 valence electrons. The maximum Gasteiger partial charge on any atom is 0.311 e. The van der Waals surface area contributed by atoms with Crippen LogP contribution in [0.25, 0.3) is 17.4 Å². The summed E-state index contributed by atoms with van der Waals surface area (Å²) in [5.41, 5.74) is 2.63. The number of ether oxygens (including phenoxy) is 1. The number of carbonyl (C=O) groups excluding carboxylic acids is 1. The lowest BCUT2D eigenvalue weighted by atomic mass is 10.1. The number of methoxy groups -OCH3 is 1. The van der Waals surface area contributed by atoms with Crippen LogP contribution in [0.2, 0.25) is 5.02 Å². The van der Waals surface area contributed by atoms with Gasteiger partial charge >= 0.3 is 5.69 Å². The second-order valence-electron chi connectivity index (χ2n) is 7.09. The fourth-order valence-electron chi connectivity index (χ4n) is 3.39. The Morgan fingerprint density at radius 3 is 2.69 bits per heavy atom. The van der Waals surface area contributed by atoms with Crippen molar-refractivity contribution in [3.8, 4) is 17.1 Å². The Balaban J connectivity index is 1.65. The first-order chi connectivity index (χ1) is 15.3. The highest BCUT2D eigenvalue weighted by Gasteiger charge is 2.30. The first kappa shape index (κ1) is 21.3. The van der Waals surface area contributed by atoms with Crippen molar-refractivity contribution in [3.05, 3.63) is 80.6 Å². The number of hydrogen-bond acceptors (Lipinski definition) is 6. The third-order valence-electron chi connectivity index (χ3n) is 5.10. The van der Waals surface area contributed by atoms with Gasteiger partial charge in [-0.25, -0.2) is 0 Å². The van der Waals surface area contributed by atoms with Crippen molar-refractivity contribution in [3.63, 3.8) is 0 Å². The number of hydrazone groups is 1. The average molecular weight is 452 g/mol. The second-order valence-corrected chi connectivity index (χ2v) is 7.50. The van der Waals surface area contributed by atoms with Gasteiger partial charge in [0.05, 0.1) is 29.0 Å². The molecule has 0 saturated carbocycles. The molecule has 0 spiro atoms. The lowest BCUT2D eigenvalue weighted by Gasteiger charge is -2.15. The van der Waals surface area contributed by atoms with E-state index in [1.807, 2.05) is 6.92 Å². The number of nitrogens with zero attached hydrogens (tertiary/aromatic N) is 3. The molecule has 32 heavy (non-hydrogen) atoms. The van der Waals surface area contributed by atoms with Gasteiger partial charge in [0.15, 0.2) is 5.75 Å². The fraction of sp³-hybridized carbons (Fsp3) is 0.130. The fourth-order valence-corrected chi connectivity index (χ4v) is 3.56. The van der Waals surface area contributed by atoms with Crippen LogP contribution < -0.4 is 9.75 Å². The standard InChI is InChI=1S/C23H18ClN3O5/c1-13-18(24)5-4-6-19(13)26-23(28)17(14(2)25-26)12-16-8-10-21(32-16)15-7-9-22(31-3)20(11-15)27(29)30/h4-12H,1-3H3. The minimum atomic E-state index is -0.516. The van der Waals surface area contributed by atoms with Crippen molar-refractivity contribution in [1.82, 2.24) is 0 Å². The average Bonchev–Trinajstić information content (AvgIpc) is 3.35. The molecule has 0 fully saturated rings. The van der Waals surface area contributed by atoms with Crippen molar-refractivity contribution in [1.29, 1.82) is 0 Å². The van der Waals surface area contributed by atoms with E-state index in [0.29, 0.717) is 39.1 Å². The SMILES string of the molecule is COc1ccc(-c2ccc(C=C3C(=O)N(c4cccc(Cl)c4C)N=C3C)o2)cc1[N+](=O)[O-]. The van der Waals surface area contributed by atoms with Gasteiger partial charge < -0.3 is 9.15 Å². The van der Waals surface area contributed by atoms with E-state index >= 15 is 0 Å². The summed E-state index contributed by atoms with van der Waals surface area (Å²) < 4.78 is 10.9. The van der Waals surface area contributed by atoms with Crippen molar-refractivity contribution in [2.45, 2.75) is 13.8 Å². The lowest BCUT2D eigenvalue weighted by molar-refractivity contribution is -0.385. The van der Waals surface area contributed by atoms with Crippen LogP contribution in [0.3, 0.4) is 0 Å². The van der Waals surface area contributed by atoms with E-state index in [2.05, 4.69) is 5.10 Å². The highest BCUT2D eigenvalue weighted by atomic mass is 35.5. The van der Waals surface area contributed by atoms with Crippen LogP contribution in [-0.2, 0) is 4.79 Å². The van der Waals surface area contributed by atoms with Crippen LogP contribution >= 0.6 is 11.6 Å². The first-order valence-corrected chi connectivity index (χ1v) is 9.97. The van der Waals surface area contributed by atoms with E-state index in [1.165, 1.54) is 24.3 Å². The van der Waals surface area contributed by atoms with E-state index in [0.717, 1.165) is 5.56 Å². The Hall–Kier alpha value is -3.91. The predicted octanol–water partition coefficient (Wildman–Crippen LogP) is 5.63. The molecule has 1 amide bonds. The number of amides is 1. The summed E-state index contributed by atoms with van der Waals surface area (Å²) in [5.74, 6) is 0.699. The molecule has 9 heteroatoms. The number of anilines is 1. The molecule has 1 aliphatic rings. The summed E-state index contributed by atoms with van der Waals surface area (Å²) in [6, 6.07) is 13.2. The van der Waals surface area contributed by atoms with Crippen LogP contribution in [0, 0.1) is 17.0 Å². The number of halogens is 1. The van der Waals surface area contributed by atoms with Gasteiger partial charge in [0, 0.05) is 16.7 Å². The molecule has 0 N–H and O–H groups in total. The van der Waals surface area contributed by atoms with Gasteiger partial charge in [-0.05, 0) is 61.9 Å². The number of benzene rings is 2. The normalized spacial score (nSPS) is 14.8. The van der Waals surface area contributed by atoms with E-state index in [4.69, 9.17) is 20.8 Å². The van der Waals surface area contributed by atoms with Crippen molar-refractivity contribution >= 4 is 40.7 Å². The lowest BCUT2D eigenvalue weighted by Crippen LogP contribution is -2.22. The highest BCUT2D eigenvalue weighted by Crippen LogP contribution is 2.34. The highest BCUT2D eigenvalue weighted by molar-refractivity contribution is 6.34. The van der Waals surface area contributed by atoms with E-state index < -0.39 is 4.92 Å². The zero-order valence-corrected chi connectivity index (χ0v) is 18.2. The summed E-state index contributed by atoms with van der Waals surface area (Å²) in [6.45, 7) is 3.56. The number of furan rings is 1. The van der Waals surface area contributed by atoms with Gasteiger partial charge in [-0.1, -0.05) is 17.7 Å². The molecule has 1 aliphatic heterocycles. The summed E-state index contributed by atoms with van der Waals surface area (Å²) in [4.78, 5) is 23.8. The molecule has 0 bridgehead atoms. The molecule has 2 aromatic carbocycles. The number of carbonyl (C=O) groups is 1. The molecule has 0 saturated heterocycles. The van der Waals surface area contributed by atoms with Gasteiger partial charge in [-0.3, -0.25) is 14.9 Å². The molecule has 4 rings (SSSR count). The molecular formula is C23H18ClN3O5. The maximum atomic E-state index is 13.0. The molecule has 2 heterocycles. The van der Waals surface area contributed by atoms with Crippen molar-refractivity contribution in [2.24, 2.45) is 5.10 Å². The smallest absolute Gasteiger partial charge is 0.311 e. The Kier molecular flexibility index (Phi) is 5.54. The largest absolute Gasteiger partial charge is 0.490 e. The monoisotopic (exact) mass is 451 g/mol. The molecule has 0 atom stereocenters. The van der Waals surface area contributed by atoms with E-state index in [-0.39, 0.29) is 17.3 Å². The number of rotatable bonds is 5. The Morgan fingerprint density at radius 1 is 1.19 bits per heavy atom. The Morgan fingerprint density at radius 2 is 1.97 bits per heavy atom. The Bertz CT molecular complexity index is 1310. The molecule has 0 aliphatic carbocycles. The summed E-state index contributed by atoms with van der Waals surface area (Å²) in [5, 5.41) is 17.5.